The van der Waals surface area contributed by atoms with E-state index in [9.17, 15) is 0 Å². The van der Waals surface area contributed by atoms with Gasteiger partial charge in [0, 0.05) is 4.88 Å². The van der Waals surface area contributed by atoms with Crippen molar-refractivity contribution < 1.29 is 0 Å². The zero-order valence-corrected chi connectivity index (χ0v) is 10.1. The first-order valence-electron chi connectivity index (χ1n) is 5.45. The predicted molar refractivity (Wildman–Crippen MR) is 71.8 cm³/mol. The van der Waals surface area contributed by atoms with Crippen LogP contribution in [0.5, 0.6) is 0 Å². The molecule has 0 amide bonds. The molecular weight excluding hydrogens is 216 g/mol. The van der Waals surface area contributed by atoms with Crippen LogP contribution in [-0.4, -0.2) is 0 Å². The fourth-order valence-corrected chi connectivity index (χ4v) is 2.54. The van der Waals surface area contributed by atoms with Crippen molar-refractivity contribution in [2.24, 2.45) is 0 Å². The second-order valence-corrected chi connectivity index (χ2v) is 4.69. The van der Waals surface area contributed by atoms with Gasteiger partial charge in [0.15, 0.2) is 0 Å². The summed E-state index contributed by atoms with van der Waals surface area (Å²) in [6.45, 7) is 2.18. The summed E-state index contributed by atoms with van der Waals surface area (Å²) in [6, 6.07) is 12.5. The highest BCUT2D eigenvalue weighted by Gasteiger charge is 2.10. The van der Waals surface area contributed by atoms with Crippen molar-refractivity contribution in [3.05, 3.63) is 46.7 Å². The lowest BCUT2D eigenvalue weighted by molar-refractivity contribution is 0.764. The van der Waals surface area contributed by atoms with Gasteiger partial charge in [-0.25, -0.2) is 0 Å². The zero-order valence-electron chi connectivity index (χ0n) is 9.31. The minimum Gasteiger partial charge on any atom is -0.397 e. The van der Waals surface area contributed by atoms with Crippen LogP contribution in [0.3, 0.4) is 0 Å². The van der Waals surface area contributed by atoms with Gasteiger partial charge in [0.2, 0.25) is 0 Å². The van der Waals surface area contributed by atoms with Crippen molar-refractivity contribution in [2.45, 2.75) is 19.4 Å². The Morgan fingerprint density at radius 1 is 1.25 bits per heavy atom. The third-order valence-electron chi connectivity index (χ3n) is 2.59. The van der Waals surface area contributed by atoms with Gasteiger partial charge in [-0.15, -0.1) is 11.3 Å². The molecule has 0 aliphatic carbocycles. The number of hydrogen-bond acceptors (Lipinski definition) is 3. The number of thiophene rings is 1. The van der Waals surface area contributed by atoms with Crippen LogP contribution in [0.25, 0.3) is 0 Å². The van der Waals surface area contributed by atoms with Crippen LogP contribution in [0, 0.1) is 0 Å². The largest absolute Gasteiger partial charge is 0.397 e. The number of rotatable bonds is 4. The standard InChI is InChI=1S/C13H16N2S/c1-2-11(13-8-5-9-16-13)15-12-7-4-3-6-10(12)14/h3-9,11,15H,2,14H2,1H3. The van der Waals surface area contributed by atoms with Crippen molar-refractivity contribution in [3.63, 3.8) is 0 Å². The molecule has 2 nitrogen and oxygen atoms in total. The first-order valence-corrected chi connectivity index (χ1v) is 6.33. The number of nitrogens with two attached hydrogens (primary N) is 1. The molecule has 0 aliphatic heterocycles. The molecule has 16 heavy (non-hydrogen) atoms. The van der Waals surface area contributed by atoms with E-state index in [1.807, 2.05) is 24.3 Å². The Kier molecular flexibility index (Phi) is 3.47. The van der Waals surface area contributed by atoms with Gasteiger partial charge in [0.25, 0.3) is 0 Å². The maximum absolute atomic E-state index is 5.92. The van der Waals surface area contributed by atoms with Crippen LogP contribution < -0.4 is 11.1 Å². The zero-order chi connectivity index (χ0) is 11.4. The Bertz CT molecular complexity index is 437. The quantitative estimate of drug-likeness (QED) is 0.785. The third kappa shape index (κ3) is 2.36. The summed E-state index contributed by atoms with van der Waals surface area (Å²) < 4.78 is 0. The molecule has 1 atom stereocenters. The van der Waals surface area contributed by atoms with Crippen LogP contribution in [0.1, 0.15) is 24.3 Å². The van der Waals surface area contributed by atoms with Gasteiger partial charge in [-0.05, 0) is 30.0 Å². The minimum atomic E-state index is 0.352. The van der Waals surface area contributed by atoms with E-state index in [4.69, 9.17) is 5.73 Å². The summed E-state index contributed by atoms with van der Waals surface area (Å²) in [7, 11) is 0. The van der Waals surface area contributed by atoms with E-state index < -0.39 is 0 Å². The molecule has 1 heterocycles. The highest BCUT2D eigenvalue weighted by Crippen LogP contribution is 2.28. The van der Waals surface area contributed by atoms with Gasteiger partial charge in [-0.1, -0.05) is 25.1 Å². The number of para-hydroxylation sites is 2. The van der Waals surface area contributed by atoms with Crippen LogP contribution >= 0.6 is 11.3 Å². The van der Waals surface area contributed by atoms with E-state index in [-0.39, 0.29) is 0 Å². The molecule has 3 N–H and O–H groups in total. The second-order valence-electron chi connectivity index (χ2n) is 3.71. The van der Waals surface area contributed by atoms with Crippen molar-refractivity contribution in [1.82, 2.24) is 0 Å². The molecule has 0 fully saturated rings. The van der Waals surface area contributed by atoms with E-state index >= 15 is 0 Å². The molecule has 84 valence electrons. The molecule has 0 bridgehead atoms. The minimum absolute atomic E-state index is 0.352. The Balaban J connectivity index is 2.17. The molecule has 3 heteroatoms. The second kappa shape index (κ2) is 5.03. The van der Waals surface area contributed by atoms with Crippen molar-refractivity contribution in [2.75, 3.05) is 11.1 Å². The van der Waals surface area contributed by atoms with Gasteiger partial charge in [0.05, 0.1) is 17.4 Å². The third-order valence-corrected chi connectivity index (χ3v) is 3.57. The Hall–Kier alpha value is -1.48. The predicted octanol–water partition coefficient (Wildman–Crippen LogP) is 3.89. The fraction of sp³-hybridized carbons (Fsp3) is 0.231. The van der Waals surface area contributed by atoms with Crippen LogP contribution in [0.4, 0.5) is 11.4 Å². The average Bonchev–Trinajstić information content (AvgIpc) is 2.81. The van der Waals surface area contributed by atoms with E-state index in [1.54, 1.807) is 11.3 Å². The van der Waals surface area contributed by atoms with Crippen molar-refractivity contribution >= 4 is 22.7 Å². The molecule has 0 spiro atoms. The lowest BCUT2D eigenvalue weighted by Crippen LogP contribution is -2.09. The molecule has 2 aromatic rings. The van der Waals surface area contributed by atoms with Gasteiger partial charge >= 0.3 is 0 Å². The van der Waals surface area contributed by atoms with Crippen LogP contribution in [0.15, 0.2) is 41.8 Å². The lowest BCUT2D eigenvalue weighted by Gasteiger charge is -2.18. The Morgan fingerprint density at radius 3 is 2.69 bits per heavy atom. The molecule has 0 radical (unpaired) electrons. The molecule has 1 unspecified atom stereocenters. The molecular formula is C13H16N2S. The summed E-state index contributed by atoms with van der Waals surface area (Å²) in [4.78, 5) is 1.35. The molecule has 1 aromatic heterocycles. The number of benzene rings is 1. The molecule has 0 saturated carbocycles. The normalized spacial score (nSPS) is 12.3. The molecule has 1 aromatic carbocycles. The van der Waals surface area contributed by atoms with E-state index in [2.05, 4.69) is 29.8 Å². The lowest BCUT2D eigenvalue weighted by atomic mass is 10.1. The molecule has 2 rings (SSSR count). The monoisotopic (exact) mass is 232 g/mol. The van der Waals surface area contributed by atoms with E-state index in [1.165, 1.54) is 4.88 Å². The summed E-state index contributed by atoms with van der Waals surface area (Å²) in [6.07, 6.45) is 1.05. The number of nitrogen functional groups attached to an aromatic ring is 1. The maximum atomic E-state index is 5.92. The van der Waals surface area contributed by atoms with Gasteiger partial charge in [-0.2, -0.15) is 0 Å². The van der Waals surface area contributed by atoms with Crippen LogP contribution in [0.2, 0.25) is 0 Å². The number of anilines is 2. The summed E-state index contributed by atoms with van der Waals surface area (Å²) in [5.41, 5.74) is 7.74. The average molecular weight is 232 g/mol. The summed E-state index contributed by atoms with van der Waals surface area (Å²) in [5, 5.41) is 5.59. The van der Waals surface area contributed by atoms with Crippen molar-refractivity contribution in [3.8, 4) is 0 Å². The fourth-order valence-electron chi connectivity index (χ4n) is 1.68. The van der Waals surface area contributed by atoms with E-state index in [0.29, 0.717) is 6.04 Å². The summed E-state index contributed by atoms with van der Waals surface area (Å²) in [5.74, 6) is 0. The number of hydrogen-bond donors (Lipinski definition) is 2. The van der Waals surface area contributed by atoms with Gasteiger partial charge in [0.1, 0.15) is 0 Å². The van der Waals surface area contributed by atoms with Crippen molar-refractivity contribution in [1.29, 1.82) is 0 Å². The topological polar surface area (TPSA) is 38.0 Å². The highest BCUT2D eigenvalue weighted by molar-refractivity contribution is 7.10. The van der Waals surface area contributed by atoms with Gasteiger partial charge < -0.3 is 11.1 Å². The highest BCUT2D eigenvalue weighted by atomic mass is 32.1. The molecule has 0 aliphatic rings. The first-order chi connectivity index (χ1) is 7.81. The maximum Gasteiger partial charge on any atom is 0.0604 e. The Morgan fingerprint density at radius 2 is 2.06 bits per heavy atom. The van der Waals surface area contributed by atoms with Gasteiger partial charge in [-0.3, -0.25) is 0 Å². The smallest absolute Gasteiger partial charge is 0.0604 e. The first kappa shape index (κ1) is 11.0. The summed E-state index contributed by atoms with van der Waals surface area (Å²) >= 11 is 1.78. The van der Waals surface area contributed by atoms with E-state index in [0.717, 1.165) is 17.8 Å². The molecule has 0 saturated heterocycles. The number of nitrogens with one attached hydrogen (secondary N) is 1. The SMILES string of the molecule is CCC(Nc1ccccc1N)c1cccs1. The van der Waals surface area contributed by atoms with Crippen LogP contribution in [-0.2, 0) is 0 Å². The Labute approximate surface area is 100 Å².